The van der Waals surface area contributed by atoms with Crippen LogP contribution < -0.4 is 0 Å². The molecule has 0 amide bonds. The van der Waals surface area contributed by atoms with Gasteiger partial charge in [0.05, 0.1) is 4.90 Å². The Morgan fingerprint density at radius 3 is 2.38 bits per heavy atom. The summed E-state index contributed by atoms with van der Waals surface area (Å²) in [6.45, 7) is -0.00334. The van der Waals surface area contributed by atoms with E-state index in [4.69, 9.17) is 4.74 Å². The van der Waals surface area contributed by atoms with Gasteiger partial charge in [-0.25, -0.2) is 8.42 Å². The number of cyclic esters (lactones) is 1. The highest BCUT2D eigenvalue weighted by Crippen LogP contribution is 2.40. The van der Waals surface area contributed by atoms with Crippen molar-refractivity contribution in [1.82, 2.24) is 0 Å². The number of carbonyl (C=O) groups is 2. The lowest BCUT2D eigenvalue weighted by atomic mass is 9.89. The Balaban J connectivity index is 2.07. The molecule has 2 aliphatic rings. The van der Waals surface area contributed by atoms with E-state index in [0.29, 0.717) is 18.4 Å². The molecule has 5 nitrogen and oxygen atoms in total. The molecule has 0 N–H and O–H groups in total. The van der Waals surface area contributed by atoms with Gasteiger partial charge in [-0.05, 0) is 36.6 Å². The summed E-state index contributed by atoms with van der Waals surface area (Å²) >= 11 is 0. The van der Waals surface area contributed by atoms with Crippen LogP contribution in [-0.2, 0) is 24.2 Å². The fraction of sp³-hybridized carbons (Fsp3) is 0.500. The molecule has 1 fully saturated rings. The van der Waals surface area contributed by atoms with Gasteiger partial charge in [0.1, 0.15) is 6.61 Å². The van der Waals surface area contributed by atoms with Crippen LogP contribution in [0.2, 0.25) is 0 Å². The van der Waals surface area contributed by atoms with Gasteiger partial charge < -0.3 is 4.74 Å². The highest BCUT2D eigenvalue weighted by Gasteiger charge is 2.54. The number of hydrogen-bond acceptors (Lipinski definition) is 5. The molecule has 26 heavy (non-hydrogen) atoms. The number of carbonyl (C=O) groups excluding carboxylic acids is 2. The topological polar surface area (TPSA) is 77.5 Å². The van der Waals surface area contributed by atoms with Gasteiger partial charge in [-0.1, -0.05) is 43.9 Å². The molecule has 2 bridgehead atoms. The summed E-state index contributed by atoms with van der Waals surface area (Å²) in [4.78, 5) is 25.0. The summed E-state index contributed by atoms with van der Waals surface area (Å²) in [5, 5.41) is 0. The standard InChI is InChI=1S/C20H24O5S/c21-17-9-5-2-1-3-8-12-20(14-16(13-17)15-25-19(20)22)26(23,24)18-10-6-4-7-11-18/h4,6-7,10-11,13H,1-3,5,8-9,12,14-15H2/b16-13+. The molecule has 0 radical (unpaired) electrons. The number of allylic oxidation sites excluding steroid dienone is 1. The monoisotopic (exact) mass is 376 g/mol. The fourth-order valence-corrected chi connectivity index (χ4v) is 5.80. The minimum Gasteiger partial charge on any atom is -0.460 e. The molecule has 1 unspecified atom stereocenters. The Morgan fingerprint density at radius 2 is 1.62 bits per heavy atom. The van der Waals surface area contributed by atoms with Gasteiger partial charge in [-0.3, -0.25) is 9.59 Å². The second-order valence-electron chi connectivity index (χ2n) is 7.10. The van der Waals surface area contributed by atoms with Crippen LogP contribution in [-0.4, -0.2) is 31.5 Å². The van der Waals surface area contributed by atoms with E-state index in [0.717, 1.165) is 25.7 Å². The van der Waals surface area contributed by atoms with Crippen molar-refractivity contribution in [2.45, 2.75) is 61.0 Å². The van der Waals surface area contributed by atoms with E-state index in [-0.39, 0.29) is 30.1 Å². The number of esters is 1. The molecule has 1 aromatic rings. The predicted molar refractivity (Wildman–Crippen MR) is 97.3 cm³/mol. The predicted octanol–water partition coefficient (Wildman–Crippen LogP) is 3.39. The number of rotatable bonds is 2. The average Bonchev–Trinajstić information content (AvgIpc) is 2.63. The number of ketones is 1. The van der Waals surface area contributed by atoms with Crippen molar-refractivity contribution in [2.75, 3.05) is 6.61 Å². The van der Waals surface area contributed by atoms with Crippen molar-refractivity contribution in [1.29, 1.82) is 0 Å². The van der Waals surface area contributed by atoms with Gasteiger partial charge in [0, 0.05) is 12.8 Å². The minimum atomic E-state index is -3.94. The van der Waals surface area contributed by atoms with E-state index >= 15 is 0 Å². The zero-order chi connectivity index (χ0) is 18.6. The molecule has 0 spiro atoms. The fourth-order valence-electron chi connectivity index (χ4n) is 3.77. The van der Waals surface area contributed by atoms with Crippen molar-refractivity contribution in [2.24, 2.45) is 0 Å². The van der Waals surface area contributed by atoms with Crippen LogP contribution in [0, 0.1) is 0 Å². The van der Waals surface area contributed by atoms with Crippen LogP contribution >= 0.6 is 0 Å². The van der Waals surface area contributed by atoms with Gasteiger partial charge in [0.2, 0.25) is 0 Å². The third-order valence-corrected chi connectivity index (χ3v) is 7.65. The Hall–Kier alpha value is -1.95. The van der Waals surface area contributed by atoms with Crippen molar-refractivity contribution in [3.05, 3.63) is 42.0 Å². The van der Waals surface area contributed by atoms with Crippen LogP contribution in [0.4, 0.5) is 0 Å². The molecule has 1 saturated heterocycles. The summed E-state index contributed by atoms with van der Waals surface area (Å²) in [7, 11) is -3.94. The molecular formula is C20H24O5S. The second kappa shape index (κ2) is 7.74. The van der Waals surface area contributed by atoms with Crippen LogP contribution in [0.15, 0.2) is 46.9 Å². The van der Waals surface area contributed by atoms with Gasteiger partial charge in [-0.15, -0.1) is 0 Å². The van der Waals surface area contributed by atoms with Gasteiger partial charge in [0.25, 0.3) is 0 Å². The minimum absolute atomic E-state index is 0.00334. The van der Waals surface area contributed by atoms with E-state index < -0.39 is 20.6 Å². The number of fused-ring (bicyclic) bond motifs is 2. The first kappa shape index (κ1) is 18.8. The maximum atomic E-state index is 13.4. The number of ether oxygens (including phenoxy) is 1. The van der Waals surface area contributed by atoms with Gasteiger partial charge in [-0.2, -0.15) is 0 Å². The largest absolute Gasteiger partial charge is 0.460 e. The first-order chi connectivity index (χ1) is 12.5. The Kier molecular flexibility index (Phi) is 5.61. The lowest BCUT2D eigenvalue weighted by molar-refractivity contribution is -0.148. The Morgan fingerprint density at radius 1 is 0.923 bits per heavy atom. The molecule has 1 aliphatic carbocycles. The molecule has 0 saturated carbocycles. The maximum Gasteiger partial charge on any atom is 0.328 e. The SMILES string of the molecule is O=C1/C=C2/COC(=O)C(S(=O)(=O)c3ccccc3)(CCCCCCC1)C2. The Bertz CT molecular complexity index is 810. The van der Waals surface area contributed by atoms with E-state index in [1.54, 1.807) is 18.2 Å². The first-order valence-corrected chi connectivity index (χ1v) is 10.6. The quantitative estimate of drug-likeness (QED) is 0.740. The zero-order valence-corrected chi connectivity index (χ0v) is 15.6. The van der Waals surface area contributed by atoms with Crippen LogP contribution in [0.5, 0.6) is 0 Å². The zero-order valence-electron chi connectivity index (χ0n) is 14.8. The molecule has 1 aliphatic heterocycles. The second-order valence-corrected chi connectivity index (χ2v) is 9.36. The highest BCUT2D eigenvalue weighted by molar-refractivity contribution is 7.93. The molecule has 6 heteroatoms. The van der Waals surface area contributed by atoms with Crippen LogP contribution in [0.1, 0.15) is 51.4 Å². The average molecular weight is 376 g/mol. The third kappa shape index (κ3) is 3.61. The summed E-state index contributed by atoms with van der Waals surface area (Å²) in [6.07, 6.45) is 6.39. The number of sulfone groups is 1. The lowest BCUT2D eigenvalue weighted by Crippen LogP contribution is -2.51. The van der Waals surface area contributed by atoms with Gasteiger partial charge >= 0.3 is 5.97 Å². The highest BCUT2D eigenvalue weighted by atomic mass is 32.2. The molecule has 140 valence electrons. The summed E-state index contributed by atoms with van der Waals surface area (Å²) in [6, 6.07) is 8.05. The maximum absolute atomic E-state index is 13.4. The smallest absolute Gasteiger partial charge is 0.328 e. The number of hydrogen-bond donors (Lipinski definition) is 0. The summed E-state index contributed by atoms with van der Waals surface area (Å²) in [5.41, 5.74) is 0.592. The Labute approximate surface area is 154 Å². The lowest BCUT2D eigenvalue weighted by Gasteiger charge is -2.36. The van der Waals surface area contributed by atoms with Crippen molar-refractivity contribution < 1.29 is 22.7 Å². The molecule has 3 rings (SSSR count). The van der Waals surface area contributed by atoms with Crippen LogP contribution in [0.25, 0.3) is 0 Å². The van der Waals surface area contributed by atoms with Crippen molar-refractivity contribution >= 4 is 21.6 Å². The first-order valence-electron chi connectivity index (χ1n) is 9.15. The molecule has 1 heterocycles. The van der Waals surface area contributed by atoms with Crippen LogP contribution in [0.3, 0.4) is 0 Å². The van der Waals surface area contributed by atoms with Crippen molar-refractivity contribution in [3.63, 3.8) is 0 Å². The summed E-state index contributed by atoms with van der Waals surface area (Å²) < 4.78 is 30.5. The van der Waals surface area contributed by atoms with Gasteiger partial charge in [0.15, 0.2) is 20.4 Å². The molecular weight excluding hydrogens is 352 g/mol. The van der Waals surface area contributed by atoms with E-state index in [1.165, 1.54) is 18.2 Å². The molecule has 1 aromatic carbocycles. The van der Waals surface area contributed by atoms with Crippen molar-refractivity contribution in [3.8, 4) is 0 Å². The summed E-state index contributed by atoms with van der Waals surface area (Å²) in [5.74, 6) is -0.715. The molecule has 1 atom stereocenters. The van der Waals surface area contributed by atoms with E-state index in [1.807, 2.05) is 0 Å². The van der Waals surface area contributed by atoms with E-state index in [9.17, 15) is 18.0 Å². The third-order valence-electron chi connectivity index (χ3n) is 5.21. The normalized spacial score (nSPS) is 27.5. The van der Waals surface area contributed by atoms with E-state index in [2.05, 4.69) is 0 Å². The molecule has 0 aromatic heterocycles. The number of benzene rings is 1.